The summed E-state index contributed by atoms with van der Waals surface area (Å²) in [5.74, 6) is -0.547. The third-order valence-corrected chi connectivity index (χ3v) is 8.02. The zero-order chi connectivity index (χ0) is 26.6. The molecule has 1 fully saturated rings. The predicted octanol–water partition coefficient (Wildman–Crippen LogP) is 4.22. The summed E-state index contributed by atoms with van der Waals surface area (Å²) >= 11 is 0. The first-order valence-electron chi connectivity index (χ1n) is 13.0. The summed E-state index contributed by atoms with van der Waals surface area (Å²) in [5.41, 5.74) is 3.74. The number of ether oxygens (including phenoxy) is 1. The number of aromatic amines is 1. The van der Waals surface area contributed by atoms with Crippen LogP contribution in [0.3, 0.4) is 0 Å². The monoisotopic (exact) mass is 518 g/mol. The smallest absolute Gasteiger partial charge is 0.204 e. The van der Waals surface area contributed by atoms with E-state index in [9.17, 15) is 9.59 Å². The molecular weight excluding hydrogens is 492 g/mol. The molecular formula is C30H26N6O3. The van der Waals surface area contributed by atoms with Crippen LogP contribution in [0.25, 0.3) is 33.4 Å². The first kappa shape index (κ1) is 23.5. The quantitative estimate of drug-likeness (QED) is 0.270. The standard InChI is InChI=1S/C30H26N6O3/c1-36-17-23(18-5-3-2-4-6-18)21-9-7-19(16-24(21)36)27(37)26-28(38)22-15-20(29-32-34-35-33-29)8-10-25(22)39-30(26)11-13-31-14-12-30/h2-10,15-17,26,31H,11-14H2,1H3,(H,32,33,34,35). The largest absolute Gasteiger partial charge is 0.485 e. The molecule has 3 aromatic carbocycles. The van der Waals surface area contributed by atoms with Gasteiger partial charge in [-0.3, -0.25) is 9.59 Å². The van der Waals surface area contributed by atoms with Crippen LogP contribution in [0.5, 0.6) is 5.75 Å². The van der Waals surface area contributed by atoms with Gasteiger partial charge in [0, 0.05) is 53.7 Å². The van der Waals surface area contributed by atoms with Crippen LogP contribution in [0, 0.1) is 5.92 Å². The molecule has 0 saturated carbocycles. The topological polar surface area (TPSA) is 115 Å². The van der Waals surface area contributed by atoms with Gasteiger partial charge in [0.25, 0.3) is 0 Å². The van der Waals surface area contributed by atoms with Gasteiger partial charge < -0.3 is 14.6 Å². The average molecular weight is 519 g/mol. The van der Waals surface area contributed by atoms with Gasteiger partial charge in [0.2, 0.25) is 5.82 Å². The molecule has 39 heavy (non-hydrogen) atoms. The highest BCUT2D eigenvalue weighted by atomic mass is 16.5. The van der Waals surface area contributed by atoms with Crippen molar-refractivity contribution in [2.24, 2.45) is 13.0 Å². The molecule has 1 spiro atoms. The number of nitrogens with one attached hydrogen (secondary N) is 2. The number of carbonyl (C=O) groups is 2. The number of benzene rings is 3. The van der Waals surface area contributed by atoms with Crippen LogP contribution in [-0.2, 0) is 7.05 Å². The molecule has 2 aliphatic heterocycles. The molecule has 5 aromatic rings. The summed E-state index contributed by atoms with van der Waals surface area (Å²) in [6, 6.07) is 21.2. The van der Waals surface area contributed by atoms with Crippen LogP contribution in [-0.4, -0.2) is 55.4 Å². The lowest BCUT2D eigenvalue weighted by Gasteiger charge is -2.45. The van der Waals surface area contributed by atoms with E-state index in [-0.39, 0.29) is 11.6 Å². The Morgan fingerprint density at radius 2 is 1.82 bits per heavy atom. The molecule has 7 rings (SSSR count). The van der Waals surface area contributed by atoms with Crippen molar-refractivity contribution < 1.29 is 14.3 Å². The maximum absolute atomic E-state index is 14.3. The molecule has 2 aliphatic rings. The molecule has 1 saturated heterocycles. The minimum Gasteiger partial charge on any atom is -0.485 e. The number of rotatable bonds is 4. The number of tetrazole rings is 1. The van der Waals surface area contributed by atoms with Crippen molar-refractivity contribution in [3.05, 3.63) is 84.1 Å². The first-order valence-corrected chi connectivity index (χ1v) is 13.0. The Bertz CT molecular complexity index is 1720. The number of aromatic nitrogens is 5. The Morgan fingerprint density at radius 1 is 1.00 bits per heavy atom. The van der Waals surface area contributed by atoms with Crippen molar-refractivity contribution in [2.75, 3.05) is 13.1 Å². The van der Waals surface area contributed by atoms with Crippen molar-refractivity contribution in [3.63, 3.8) is 0 Å². The van der Waals surface area contributed by atoms with E-state index in [0.717, 1.165) is 22.0 Å². The van der Waals surface area contributed by atoms with Crippen LogP contribution in [0.2, 0.25) is 0 Å². The third-order valence-electron chi connectivity index (χ3n) is 8.02. The average Bonchev–Trinajstić information content (AvgIpc) is 3.62. The van der Waals surface area contributed by atoms with Crippen molar-refractivity contribution in [3.8, 4) is 28.3 Å². The van der Waals surface area contributed by atoms with Gasteiger partial charge in [-0.2, -0.15) is 5.21 Å². The molecule has 0 bridgehead atoms. The fraction of sp³-hybridized carbons (Fsp3) is 0.233. The highest BCUT2D eigenvalue weighted by Gasteiger charge is 2.53. The van der Waals surface area contributed by atoms with E-state index in [1.165, 1.54) is 0 Å². The number of piperidine rings is 1. The van der Waals surface area contributed by atoms with E-state index < -0.39 is 11.5 Å². The van der Waals surface area contributed by atoms with Gasteiger partial charge in [0.05, 0.1) is 5.56 Å². The molecule has 9 nitrogen and oxygen atoms in total. The number of carbonyl (C=O) groups excluding carboxylic acids is 2. The zero-order valence-corrected chi connectivity index (χ0v) is 21.3. The van der Waals surface area contributed by atoms with Gasteiger partial charge in [-0.05, 0) is 48.1 Å². The summed E-state index contributed by atoms with van der Waals surface area (Å²) in [6.07, 6.45) is 3.20. The van der Waals surface area contributed by atoms with Crippen LogP contribution in [0.4, 0.5) is 0 Å². The minimum atomic E-state index is -0.959. The lowest BCUT2D eigenvalue weighted by atomic mass is 9.70. The second-order valence-electron chi connectivity index (χ2n) is 10.3. The molecule has 1 atom stereocenters. The number of nitrogens with zero attached hydrogens (tertiary/aromatic N) is 4. The van der Waals surface area contributed by atoms with Gasteiger partial charge in [0.15, 0.2) is 11.6 Å². The molecule has 9 heteroatoms. The van der Waals surface area contributed by atoms with E-state index in [1.807, 2.05) is 54.1 Å². The van der Waals surface area contributed by atoms with Crippen molar-refractivity contribution >= 4 is 22.5 Å². The Morgan fingerprint density at radius 3 is 2.59 bits per heavy atom. The lowest BCUT2D eigenvalue weighted by molar-refractivity contribution is -0.0138. The van der Waals surface area contributed by atoms with Crippen LogP contribution in [0.1, 0.15) is 33.6 Å². The molecule has 1 unspecified atom stereocenters. The second-order valence-corrected chi connectivity index (χ2v) is 10.3. The number of fused-ring (bicyclic) bond motifs is 2. The highest BCUT2D eigenvalue weighted by molar-refractivity contribution is 6.19. The van der Waals surface area contributed by atoms with Crippen LogP contribution < -0.4 is 10.1 Å². The maximum atomic E-state index is 14.3. The molecule has 0 aliphatic carbocycles. The molecule has 2 N–H and O–H groups in total. The Balaban J connectivity index is 1.31. The summed E-state index contributed by atoms with van der Waals surface area (Å²) in [5, 5.41) is 18.5. The first-order chi connectivity index (χ1) is 19.0. The molecule has 0 amide bonds. The fourth-order valence-electron chi connectivity index (χ4n) is 6.06. The Labute approximate surface area is 224 Å². The Kier molecular flexibility index (Phi) is 5.41. The van der Waals surface area contributed by atoms with Gasteiger partial charge >= 0.3 is 0 Å². The number of H-pyrrole nitrogens is 1. The zero-order valence-electron chi connectivity index (χ0n) is 21.3. The van der Waals surface area contributed by atoms with Crippen molar-refractivity contribution in [1.82, 2.24) is 30.5 Å². The number of ketones is 2. The van der Waals surface area contributed by atoms with Gasteiger partial charge in [-0.1, -0.05) is 42.5 Å². The predicted molar refractivity (Wildman–Crippen MR) is 146 cm³/mol. The number of hydrogen-bond acceptors (Lipinski definition) is 7. The number of hydrogen-bond donors (Lipinski definition) is 2. The summed E-state index contributed by atoms with van der Waals surface area (Å²) < 4.78 is 8.61. The van der Waals surface area contributed by atoms with E-state index >= 15 is 0 Å². The van der Waals surface area contributed by atoms with Crippen molar-refractivity contribution in [1.29, 1.82) is 0 Å². The second kappa shape index (κ2) is 8.99. The molecule has 0 radical (unpaired) electrons. The van der Waals surface area contributed by atoms with E-state index in [4.69, 9.17) is 4.74 Å². The van der Waals surface area contributed by atoms with Crippen LogP contribution in [0.15, 0.2) is 72.9 Å². The number of aryl methyl sites for hydroxylation is 1. The molecule has 2 aromatic heterocycles. The maximum Gasteiger partial charge on any atom is 0.204 e. The highest BCUT2D eigenvalue weighted by Crippen LogP contribution is 2.44. The van der Waals surface area contributed by atoms with Crippen molar-refractivity contribution in [2.45, 2.75) is 18.4 Å². The van der Waals surface area contributed by atoms with E-state index in [0.29, 0.717) is 54.2 Å². The van der Waals surface area contributed by atoms with Crippen LogP contribution >= 0.6 is 0 Å². The summed E-state index contributed by atoms with van der Waals surface area (Å²) in [4.78, 5) is 28.4. The van der Waals surface area contributed by atoms with Gasteiger partial charge in [-0.15, -0.1) is 10.2 Å². The summed E-state index contributed by atoms with van der Waals surface area (Å²) in [7, 11) is 1.97. The molecule has 194 valence electrons. The SMILES string of the molecule is Cn1cc(-c2ccccc2)c2ccc(C(=O)C3C(=O)c4cc(-c5nn[nH]n5)ccc4OC34CCNCC4)cc21. The number of Topliss-reactive ketones (excluding diaryl/α,β-unsaturated/α-hetero) is 2. The molecule has 4 heterocycles. The lowest BCUT2D eigenvalue weighted by Crippen LogP contribution is -2.58. The fourth-order valence-corrected chi connectivity index (χ4v) is 6.06. The summed E-state index contributed by atoms with van der Waals surface area (Å²) in [6.45, 7) is 1.34. The minimum absolute atomic E-state index is 0.220. The Hall–Kier alpha value is -4.63. The normalized spacial score (nSPS) is 18.2. The third kappa shape index (κ3) is 3.77. The van der Waals surface area contributed by atoms with Gasteiger partial charge in [-0.25, -0.2) is 0 Å². The van der Waals surface area contributed by atoms with Gasteiger partial charge in [0.1, 0.15) is 17.3 Å². The van der Waals surface area contributed by atoms with E-state index in [1.54, 1.807) is 12.1 Å². The van der Waals surface area contributed by atoms with E-state index in [2.05, 4.69) is 44.3 Å².